The second-order valence-corrected chi connectivity index (χ2v) is 6.82. The van der Waals surface area contributed by atoms with Crippen molar-refractivity contribution in [2.24, 2.45) is 5.41 Å². The molecule has 1 atom stereocenters. The molecule has 112 valence electrons. The van der Waals surface area contributed by atoms with Crippen LogP contribution in [0.3, 0.4) is 0 Å². The molecule has 0 spiro atoms. The van der Waals surface area contributed by atoms with E-state index in [4.69, 9.17) is 4.74 Å². The van der Waals surface area contributed by atoms with Gasteiger partial charge in [-0.05, 0) is 49.2 Å². The van der Waals surface area contributed by atoms with Crippen LogP contribution in [0.2, 0.25) is 0 Å². The van der Waals surface area contributed by atoms with E-state index in [-0.39, 0.29) is 0 Å². The van der Waals surface area contributed by atoms with E-state index >= 15 is 0 Å². The molecule has 1 aromatic rings. The van der Waals surface area contributed by atoms with Crippen molar-refractivity contribution in [1.29, 1.82) is 0 Å². The molecule has 1 heterocycles. The van der Waals surface area contributed by atoms with Crippen LogP contribution in [-0.2, 0) is 0 Å². The van der Waals surface area contributed by atoms with Gasteiger partial charge in [-0.3, -0.25) is 4.90 Å². The second-order valence-electron chi connectivity index (χ2n) is 5.91. The summed E-state index contributed by atoms with van der Waals surface area (Å²) in [6, 6.07) is 8.03. The number of ether oxygens (including phenoxy) is 1. The molecule has 0 saturated carbocycles. The highest BCUT2D eigenvalue weighted by Crippen LogP contribution is 2.25. The van der Waals surface area contributed by atoms with Crippen LogP contribution in [0.15, 0.2) is 28.7 Å². The zero-order chi connectivity index (χ0) is 14.4. The first-order valence-electron chi connectivity index (χ1n) is 7.43. The van der Waals surface area contributed by atoms with E-state index in [1.54, 1.807) is 0 Å². The van der Waals surface area contributed by atoms with Gasteiger partial charge in [-0.15, -0.1) is 0 Å². The minimum atomic E-state index is 0.424. The molecule has 0 amide bonds. The molecule has 0 radical (unpaired) electrons. The van der Waals surface area contributed by atoms with Gasteiger partial charge in [0.1, 0.15) is 12.4 Å². The molecule has 0 aromatic heterocycles. The zero-order valence-electron chi connectivity index (χ0n) is 12.5. The molecule has 20 heavy (non-hydrogen) atoms. The topological polar surface area (TPSA) is 24.5 Å². The molecule has 1 aliphatic heterocycles. The summed E-state index contributed by atoms with van der Waals surface area (Å²) in [4.78, 5) is 2.49. The molecule has 1 unspecified atom stereocenters. The third-order valence-electron chi connectivity index (χ3n) is 4.00. The van der Waals surface area contributed by atoms with Crippen LogP contribution >= 0.6 is 15.9 Å². The van der Waals surface area contributed by atoms with E-state index in [1.165, 1.54) is 6.42 Å². The number of hydrogen-bond acceptors (Lipinski definition) is 3. The Bertz CT molecular complexity index is 401. The highest BCUT2D eigenvalue weighted by molar-refractivity contribution is 9.10. The van der Waals surface area contributed by atoms with Crippen molar-refractivity contribution in [3.63, 3.8) is 0 Å². The van der Waals surface area contributed by atoms with Crippen molar-refractivity contribution in [1.82, 2.24) is 10.2 Å². The molecule has 2 rings (SSSR count). The summed E-state index contributed by atoms with van der Waals surface area (Å²) >= 11 is 3.43. The van der Waals surface area contributed by atoms with Crippen LogP contribution in [-0.4, -0.2) is 44.2 Å². The summed E-state index contributed by atoms with van der Waals surface area (Å²) in [5, 5.41) is 3.47. The van der Waals surface area contributed by atoms with E-state index < -0.39 is 0 Å². The molecule has 1 saturated heterocycles. The normalized spacial score (nSPS) is 22.4. The van der Waals surface area contributed by atoms with Crippen LogP contribution in [0.25, 0.3) is 0 Å². The van der Waals surface area contributed by atoms with Crippen molar-refractivity contribution in [3.05, 3.63) is 28.7 Å². The first-order chi connectivity index (χ1) is 9.61. The van der Waals surface area contributed by atoms with Gasteiger partial charge < -0.3 is 10.1 Å². The summed E-state index contributed by atoms with van der Waals surface area (Å²) in [5.74, 6) is 0.943. The van der Waals surface area contributed by atoms with Gasteiger partial charge >= 0.3 is 0 Å². The summed E-state index contributed by atoms with van der Waals surface area (Å²) in [5.41, 5.74) is 0.424. The van der Waals surface area contributed by atoms with Gasteiger partial charge in [-0.1, -0.05) is 29.8 Å². The lowest BCUT2D eigenvalue weighted by atomic mass is 9.89. The van der Waals surface area contributed by atoms with Gasteiger partial charge in [0.2, 0.25) is 0 Å². The van der Waals surface area contributed by atoms with Gasteiger partial charge in [0.25, 0.3) is 0 Å². The van der Waals surface area contributed by atoms with E-state index in [0.717, 1.165) is 49.6 Å². The Morgan fingerprint density at radius 2 is 2.10 bits per heavy atom. The molecule has 1 aliphatic rings. The van der Waals surface area contributed by atoms with E-state index in [1.807, 2.05) is 24.3 Å². The standard InChI is InChI=1S/C16H25BrN2O/c1-3-19(13-16(2)8-9-18-12-16)10-11-20-15-6-4-14(17)5-7-15/h4-7,18H,3,8-13H2,1-2H3. The summed E-state index contributed by atoms with van der Waals surface area (Å²) in [7, 11) is 0. The predicted octanol–water partition coefficient (Wildman–Crippen LogP) is 3.15. The molecule has 1 fully saturated rings. The molecule has 3 nitrogen and oxygen atoms in total. The first kappa shape index (κ1) is 15.8. The van der Waals surface area contributed by atoms with Gasteiger partial charge in [0, 0.05) is 24.1 Å². The fraction of sp³-hybridized carbons (Fsp3) is 0.625. The Balaban J connectivity index is 1.74. The maximum Gasteiger partial charge on any atom is 0.119 e. The number of rotatable bonds is 7. The lowest BCUT2D eigenvalue weighted by molar-refractivity contribution is 0.156. The van der Waals surface area contributed by atoms with Crippen molar-refractivity contribution < 1.29 is 4.74 Å². The zero-order valence-corrected chi connectivity index (χ0v) is 14.1. The summed E-state index contributed by atoms with van der Waals surface area (Å²) < 4.78 is 6.90. The predicted molar refractivity (Wildman–Crippen MR) is 87.3 cm³/mol. The third kappa shape index (κ3) is 4.76. The van der Waals surface area contributed by atoms with Crippen molar-refractivity contribution in [2.75, 3.05) is 39.3 Å². The highest BCUT2D eigenvalue weighted by Gasteiger charge is 2.30. The molecular formula is C16H25BrN2O. The molecule has 4 heteroatoms. The first-order valence-corrected chi connectivity index (χ1v) is 8.22. The molecule has 1 N–H and O–H groups in total. The number of nitrogens with one attached hydrogen (secondary N) is 1. The highest BCUT2D eigenvalue weighted by atomic mass is 79.9. The maximum atomic E-state index is 5.81. The van der Waals surface area contributed by atoms with Crippen molar-refractivity contribution in [2.45, 2.75) is 20.3 Å². The molecule has 1 aromatic carbocycles. The smallest absolute Gasteiger partial charge is 0.119 e. The average molecular weight is 341 g/mol. The molecule has 0 bridgehead atoms. The van der Waals surface area contributed by atoms with Crippen LogP contribution in [0.5, 0.6) is 5.75 Å². The quantitative estimate of drug-likeness (QED) is 0.825. The Labute approximate surface area is 130 Å². The monoisotopic (exact) mass is 340 g/mol. The van der Waals surface area contributed by atoms with E-state index in [2.05, 4.69) is 40.0 Å². The van der Waals surface area contributed by atoms with E-state index in [0.29, 0.717) is 5.41 Å². The Kier molecular flexibility index (Phi) is 5.87. The molecular weight excluding hydrogens is 316 g/mol. The van der Waals surface area contributed by atoms with Crippen molar-refractivity contribution in [3.8, 4) is 5.75 Å². The van der Waals surface area contributed by atoms with Crippen LogP contribution in [0, 0.1) is 5.41 Å². The van der Waals surface area contributed by atoms with Crippen LogP contribution in [0.4, 0.5) is 0 Å². The van der Waals surface area contributed by atoms with Crippen LogP contribution in [0.1, 0.15) is 20.3 Å². The average Bonchev–Trinajstić information content (AvgIpc) is 2.86. The summed E-state index contributed by atoms with van der Waals surface area (Å²) in [6.07, 6.45) is 1.27. The van der Waals surface area contributed by atoms with Gasteiger partial charge in [0.05, 0.1) is 0 Å². The minimum absolute atomic E-state index is 0.424. The lowest BCUT2D eigenvalue weighted by Crippen LogP contribution is -2.39. The summed E-state index contributed by atoms with van der Waals surface area (Å²) in [6.45, 7) is 10.9. The number of nitrogens with zero attached hydrogens (tertiary/aromatic N) is 1. The van der Waals surface area contributed by atoms with Crippen LogP contribution < -0.4 is 10.1 Å². The van der Waals surface area contributed by atoms with Crippen molar-refractivity contribution >= 4 is 15.9 Å². The number of likely N-dealkylation sites (N-methyl/N-ethyl adjacent to an activating group) is 1. The van der Waals surface area contributed by atoms with Gasteiger partial charge in [-0.25, -0.2) is 0 Å². The van der Waals surface area contributed by atoms with Gasteiger partial charge in [0.15, 0.2) is 0 Å². The SMILES string of the molecule is CCN(CCOc1ccc(Br)cc1)CC1(C)CCNC1. The number of halogens is 1. The second kappa shape index (κ2) is 7.43. The minimum Gasteiger partial charge on any atom is -0.492 e. The Morgan fingerprint density at radius 3 is 2.70 bits per heavy atom. The lowest BCUT2D eigenvalue weighted by Gasteiger charge is -2.31. The van der Waals surface area contributed by atoms with Gasteiger partial charge in [-0.2, -0.15) is 0 Å². The van der Waals surface area contributed by atoms with E-state index in [9.17, 15) is 0 Å². The fourth-order valence-corrected chi connectivity index (χ4v) is 2.98. The Morgan fingerprint density at radius 1 is 1.35 bits per heavy atom. The number of hydrogen-bond donors (Lipinski definition) is 1. The number of benzene rings is 1. The fourth-order valence-electron chi connectivity index (χ4n) is 2.72. The maximum absolute atomic E-state index is 5.81. The third-order valence-corrected chi connectivity index (χ3v) is 4.53. The largest absolute Gasteiger partial charge is 0.492 e. The Hall–Kier alpha value is -0.580. The molecule has 0 aliphatic carbocycles.